The second kappa shape index (κ2) is 4.10. The Morgan fingerprint density at radius 1 is 1.33 bits per heavy atom. The maximum Gasteiger partial charge on any atom is -0.0201 e. The van der Waals surface area contributed by atoms with E-state index in [1.807, 2.05) is 0 Å². The van der Waals surface area contributed by atoms with Crippen LogP contribution in [0.25, 0.3) is 5.57 Å². The summed E-state index contributed by atoms with van der Waals surface area (Å²) in [6.07, 6.45) is 3.38. The van der Waals surface area contributed by atoms with Crippen molar-refractivity contribution in [2.45, 2.75) is 27.2 Å². The molecule has 0 aromatic heterocycles. The molecule has 12 heavy (non-hydrogen) atoms. The zero-order chi connectivity index (χ0) is 8.97. The van der Waals surface area contributed by atoms with Crippen LogP contribution in [0.1, 0.15) is 31.4 Å². The third kappa shape index (κ3) is 1.97. The van der Waals surface area contributed by atoms with Crippen molar-refractivity contribution < 1.29 is 0 Å². The normalized spacial score (nSPS) is 11.8. The predicted octanol–water partition coefficient (Wildman–Crippen LogP) is 3.81. The van der Waals surface area contributed by atoms with Gasteiger partial charge in [-0.2, -0.15) is 0 Å². The Bertz CT molecular complexity index is 282. The highest BCUT2D eigenvalue weighted by Gasteiger charge is 1.96. The van der Waals surface area contributed by atoms with Crippen molar-refractivity contribution in [3.63, 3.8) is 0 Å². The minimum absolute atomic E-state index is 1.11. The second-order valence-corrected chi connectivity index (χ2v) is 3.11. The van der Waals surface area contributed by atoms with Gasteiger partial charge in [-0.3, -0.25) is 0 Å². The maximum absolute atomic E-state index is 2.27. The van der Waals surface area contributed by atoms with Crippen LogP contribution >= 0.6 is 0 Å². The first-order valence-electron chi connectivity index (χ1n) is 4.48. The lowest BCUT2D eigenvalue weighted by Gasteiger charge is -2.04. The molecule has 0 radical (unpaired) electrons. The number of rotatable bonds is 2. The van der Waals surface area contributed by atoms with Gasteiger partial charge in [0.1, 0.15) is 0 Å². The molecule has 0 unspecified atom stereocenters. The van der Waals surface area contributed by atoms with Gasteiger partial charge in [-0.15, -0.1) is 0 Å². The zero-order valence-electron chi connectivity index (χ0n) is 8.09. The Labute approximate surface area is 74.9 Å². The molecule has 0 heterocycles. The third-order valence-corrected chi connectivity index (χ3v) is 2.08. The average molecular weight is 160 g/mol. The van der Waals surface area contributed by atoms with Crippen molar-refractivity contribution in [1.82, 2.24) is 0 Å². The molecule has 0 heteroatoms. The SMILES string of the molecule is CC/C=C(/C)c1ccccc1C. The summed E-state index contributed by atoms with van der Waals surface area (Å²) in [6, 6.07) is 8.51. The number of allylic oxidation sites excluding steroid dienone is 2. The Hall–Kier alpha value is -1.04. The predicted molar refractivity (Wildman–Crippen MR) is 55.1 cm³/mol. The molecule has 0 N–H and O–H groups in total. The van der Waals surface area contributed by atoms with E-state index in [4.69, 9.17) is 0 Å². The molecule has 0 nitrogen and oxygen atoms in total. The van der Waals surface area contributed by atoms with E-state index < -0.39 is 0 Å². The third-order valence-electron chi connectivity index (χ3n) is 2.08. The van der Waals surface area contributed by atoms with E-state index in [0.717, 1.165) is 6.42 Å². The standard InChI is InChI=1S/C12H16/c1-4-7-10(2)12-9-6-5-8-11(12)3/h5-9H,4H2,1-3H3/b10-7-. The van der Waals surface area contributed by atoms with E-state index in [0.29, 0.717) is 0 Å². The molecular formula is C12H16. The van der Waals surface area contributed by atoms with Crippen molar-refractivity contribution in [2.24, 2.45) is 0 Å². The van der Waals surface area contributed by atoms with Crippen LogP contribution in [0, 0.1) is 6.92 Å². The summed E-state index contributed by atoms with van der Waals surface area (Å²) in [4.78, 5) is 0. The number of benzene rings is 1. The Morgan fingerprint density at radius 2 is 2.00 bits per heavy atom. The topological polar surface area (TPSA) is 0 Å². The van der Waals surface area contributed by atoms with E-state index >= 15 is 0 Å². The highest BCUT2D eigenvalue weighted by Crippen LogP contribution is 2.17. The molecule has 0 aliphatic heterocycles. The van der Waals surface area contributed by atoms with Crippen LogP contribution < -0.4 is 0 Å². The van der Waals surface area contributed by atoms with Gasteiger partial charge in [0.2, 0.25) is 0 Å². The van der Waals surface area contributed by atoms with E-state index in [9.17, 15) is 0 Å². The Kier molecular flexibility index (Phi) is 3.09. The fourth-order valence-electron chi connectivity index (χ4n) is 1.43. The van der Waals surface area contributed by atoms with Gasteiger partial charge in [0.25, 0.3) is 0 Å². The summed E-state index contributed by atoms with van der Waals surface area (Å²) in [6.45, 7) is 6.50. The summed E-state index contributed by atoms with van der Waals surface area (Å²) >= 11 is 0. The molecule has 1 rings (SSSR count). The van der Waals surface area contributed by atoms with Gasteiger partial charge in [-0.1, -0.05) is 37.3 Å². The quantitative estimate of drug-likeness (QED) is 0.617. The first kappa shape index (κ1) is 9.05. The molecule has 0 saturated carbocycles. The van der Waals surface area contributed by atoms with Gasteiger partial charge in [0.05, 0.1) is 0 Å². The molecule has 0 saturated heterocycles. The molecule has 0 spiro atoms. The molecule has 0 aliphatic carbocycles. The molecule has 64 valence electrons. The second-order valence-electron chi connectivity index (χ2n) is 3.11. The van der Waals surface area contributed by atoms with E-state index in [-0.39, 0.29) is 0 Å². The molecule has 0 atom stereocenters. The smallest absolute Gasteiger partial charge is 0.0201 e. The summed E-state index contributed by atoms with van der Waals surface area (Å²) < 4.78 is 0. The molecule has 1 aromatic rings. The summed E-state index contributed by atoms with van der Waals surface area (Å²) in [5.41, 5.74) is 4.12. The molecule has 0 amide bonds. The molecule has 1 aromatic carbocycles. The van der Waals surface area contributed by atoms with Crippen LogP contribution in [0.2, 0.25) is 0 Å². The fraction of sp³-hybridized carbons (Fsp3) is 0.333. The van der Waals surface area contributed by atoms with Crippen molar-refractivity contribution in [3.05, 3.63) is 41.5 Å². The fourth-order valence-corrected chi connectivity index (χ4v) is 1.43. The first-order valence-corrected chi connectivity index (χ1v) is 4.48. The van der Waals surface area contributed by atoms with Gasteiger partial charge < -0.3 is 0 Å². The minimum Gasteiger partial charge on any atom is -0.0813 e. The Balaban J connectivity index is 3.02. The van der Waals surface area contributed by atoms with E-state index in [2.05, 4.69) is 51.1 Å². The largest absolute Gasteiger partial charge is 0.0813 e. The Morgan fingerprint density at radius 3 is 2.58 bits per heavy atom. The molecular weight excluding hydrogens is 144 g/mol. The highest BCUT2D eigenvalue weighted by molar-refractivity contribution is 5.66. The van der Waals surface area contributed by atoms with Crippen LogP contribution in [-0.2, 0) is 0 Å². The van der Waals surface area contributed by atoms with E-state index in [1.54, 1.807) is 0 Å². The van der Waals surface area contributed by atoms with E-state index in [1.165, 1.54) is 16.7 Å². The molecule has 0 aliphatic rings. The van der Waals surface area contributed by atoms with Gasteiger partial charge in [-0.05, 0) is 37.0 Å². The summed E-state index contributed by atoms with van der Waals surface area (Å²) in [5, 5.41) is 0. The molecule has 0 bridgehead atoms. The van der Waals surface area contributed by atoms with Crippen molar-refractivity contribution in [1.29, 1.82) is 0 Å². The number of hydrogen-bond acceptors (Lipinski definition) is 0. The van der Waals surface area contributed by atoms with Crippen molar-refractivity contribution >= 4 is 5.57 Å². The lowest BCUT2D eigenvalue weighted by molar-refractivity contribution is 1.22. The highest BCUT2D eigenvalue weighted by atomic mass is 14.0. The first-order chi connectivity index (χ1) is 5.75. The lowest BCUT2D eigenvalue weighted by Crippen LogP contribution is -1.83. The van der Waals surface area contributed by atoms with Gasteiger partial charge in [0.15, 0.2) is 0 Å². The van der Waals surface area contributed by atoms with Gasteiger partial charge in [0, 0.05) is 0 Å². The van der Waals surface area contributed by atoms with Crippen LogP contribution in [0.3, 0.4) is 0 Å². The van der Waals surface area contributed by atoms with Crippen LogP contribution in [0.4, 0.5) is 0 Å². The van der Waals surface area contributed by atoms with Crippen LogP contribution in [0.5, 0.6) is 0 Å². The monoisotopic (exact) mass is 160 g/mol. The average Bonchev–Trinajstić information content (AvgIpc) is 2.05. The summed E-state index contributed by atoms with van der Waals surface area (Å²) in [7, 11) is 0. The van der Waals surface area contributed by atoms with Crippen molar-refractivity contribution in [3.8, 4) is 0 Å². The lowest BCUT2D eigenvalue weighted by atomic mass is 10.0. The van der Waals surface area contributed by atoms with Crippen molar-refractivity contribution in [2.75, 3.05) is 0 Å². The zero-order valence-corrected chi connectivity index (χ0v) is 8.09. The van der Waals surface area contributed by atoms with Crippen LogP contribution in [0.15, 0.2) is 30.3 Å². The number of aryl methyl sites for hydroxylation is 1. The minimum atomic E-state index is 1.11. The van der Waals surface area contributed by atoms with Gasteiger partial charge >= 0.3 is 0 Å². The molecule has 0 fully saturated rings. The maximum atomic E-state index is 2.27. The summed E-state index contributed by atoms with van der Waals surface area (Å²) in [5.74, 6) is 0. The number of hydrogen-bond donors (Lipinski definition) is 0. The van der Waals surface area contributed by atoms with Crippen LogP contribution in [-0.4, -0.2) is 0 Å². The van der Waals surface area contributed by atoms with Gasteiger partial charge in [-0.25, -0.2) is 0 Å².